The molecule has 0 heterocycles. The van der Waals surface area contributed by atoms with Crippen molar-refractivity contribution >= 4 is 69.6 Å². The summed E-state index contributed by atoms with van der Waals surface area (Å²) in [5.74, 6) is -10.3. The number of hydrogen-bond acceptors (Lipinski definition) is 4. The summed E-state index contributed by atoms with van der Waals surface area (Å²) in [6.07, 6.45) is -5.00. The van der Waals surface area contributed by atoms with Crippen LogP contribution >= 0.6 is 34.8 Å². The first-order valence-corrected chi connectivity index (χ1v) is 14.4. The Bertz CT molecular complexity index is 1780. The van der Waals surface area contributed by atoms with Crippen molar-refractivity contribution in [1.29, 1.82) is 5.26 Å². The summed E-state index contributed by atoms with van der Waals surface area (Å²) in [5.41, 5.74) is -3.30. The first-order chi connectivity index (χ1) is 21.4. The second-order valence-corrected chi connectivity index (χ2v) is 12.0. The molecule has 0 radical (unpaired) electrons. The van der Waals surface area contributed by atoms with Crippen LogP contribution in [0.1, 0.15) is 41.3 Å². The molecule has 3 aromatic carbocycles. The van der Waals surface area contributed by atoms with Crippen molar-refractivity contribution < 1.29 is 40.7 Å². The molecule has 16 heteroatoms. The summed E-state index contributed by atoms with van der Waals surface area (Å²) >= 11 is 18.6. The minimum Gasteiger partial charge on any atom is -0.326 e. The fourth-order valence-electron chi connectivity index (χ4n) is 4.81. The smallest absolute Gasteiger partial charge is 0.326 e. The van der Waals surface area contributed by atoms with E-state index in [1.54, 1.807) is 6.07 Å². The molecule has 0 aromatic heterocycles. The van der Waals surface area contributed by atoms with Crippen LogP contribution in [0.4, 0.5) is 43.4 Å². The van der Waals surface area contributed by atoms with E-state index in [0.717, 1.165) is 29.2 Å². The van der Waals surface area contributed by atoms with Crippen LogP contribution in [0, 0.1) is 40.6 Å². The highest BCUT2D eigenvalue weighted by Crippen LogP contribution is 2.65. The quantitative estimate of drug-likeness (QED) is 0.183. The van der Waals surface area contributed by atoms with Gasteiger partial charge in [0, 0.05) is 18.2 Å². The third kappa shape index (κ3) is 6.74. The third-order valence-electron chi connectivity index (χ3n) is 7.20. The molecule has 1 aliphatic rings. The van der Waals surface area contributed by atoms with Crippen LogP contribution in [0.3, 0.4) is 0 Å². The van der Waals surface area contributed by atoms with Crippen molar-refractivity contribution in [2.45, 2.75) is 30.3 Å². The Kier molecular flexibility index (Phi) is 9.87. The highest BCUT2D eigenvalue weighted by Gasteiger charge is 2.67. The number of carbonyl (C=O) groups excluding carboxylic acids is 3. The SMILES string of the molecule is CCN(C(=O)C(C)C#N)c1c(F)ccc(NC(=O)c2cc(NC(=O)[C@H]3[C@H](c4ccc(F)c(C(F)(F)F)c4)C3(Cl)Cl)ccc2Cl)c1F. The molecule has 3 aromatic rings. The zero-order valence-electron chi connectivity index (χ0n) is 23.6. The van der Waals surface area contributed by atoms with Gasteiger partial charge in [-0.2, -0.15) is 18.4 Å². The van der Waals surface area contributed by atoms with E-state index in [1.807, 2.05) is 0 Å². The summed E-state index contributed by atoms with van der Waals surface area (Å²) in [4.78, 5) is 39.5. The number of carbonyl (C=O) groups is 3. The summed E-state index contributed by atoms with van der Waals surface area (Å²) in [5, 5.41) is 13.6. The van der Waals surface area contributed by atoms with Gasteiger partial charge < -0.3 is 15.5 Å². The van der Waals surface area contributed by atoms with E-state index in [4.69, 9.17) is 40.1 Å². The maximum absolute atomic E-state index is 15.5. The minimum absolute atomic E-state index is 0.0297. The van der Waals surface area contributed by atoms with Crippen molar-refractivity contribution in [3.63, 3.8) is 0 Å². The zero-order valence-corrected chi connectivity index (χ0v) is 25.8. The van der Waals surface area contributed by atoms with Crippen LogP contribution < -0.4 is 15.5 Å². The van der Waals surface area contributed by atoms with E-state index < -0.39 is 80.4 Å². The minimum atomic E-state index is -5.00. The average Bonchev–Trinajstić information content (AvgIpc) is 3.57. The van der Waals surface area contributed by atoms with Gasteiger partial charge in [0.25, 0.3) is 5.91 Å². The monoisotopic (exact) mass is 704 g/mol. The fraction of sp³-hybridized carbons (Fsp3) is 0.267. The average molecular weight is 706 g/mol. The van der Waals surface area contributed by atoms with Gasteiger partial charge in [0.05, 0.1) is 33.8 Å². The second-order valence-electron chi connectivity index (χ2n) is 10.2. The lowest BCUT2D eigenvalue weighted by Gasteiger charge is -2.24. The molecule has 7 nitrogen and oxygen atoms in total. The number of rotatable bonds is 8. The molecule has 1 aliphatic carbocycles. The predicted octanol–water partition coefficient (Wildman–Crippen LogP) is 8.07. The predicted molar refractivity (Wildman–Crippen MR) is 159 cm³/mol. The van der Waals surface area contributed by atoms with Crippen LogP contribution in [0.25, 0.3) is 0 Å². The van der Waals surface area contributed by atoms with Crippen LogP contribution in [0.2, 0.25) is 5.02 Å². The van der Waals surface area contributed by atoms with Gasteiger partial charge in [0.1, 0.15) is 27.6 Å². The van der Waals surface area contributed by atoms with Gasteiger partial charge in [-0.1, -0.05) is 17.7 Å². The molecule has 4 rings (SSSR count). The molecule has 0 aliphatic heterocycles. The maximum Gasteiger partial charge on any atom is 0.419 e. The van der Waals surface area contributed by atoms with E-state index in [9.17, 15) is 36.3 Å². The van der Waals surface area contributed by atoms with Crippen LogP contribution in [0.15, 0.2) is 48.5 Å². The molecule has 1 fully saturated rings. The Balaban J connectivity index is 1.56. The Morgan fingerprint density at radius 2 is 1.67 bits per heavy atom. The van der Waals surface area contributed by atoms with Gasteiger partial charge in [-0.05, 0) is 61.9 Å². The Hall–Kier alpha value is -3.99. The number of nitrogens with one attached hydrogen (secondary N) is 2. The summed E-state index contributed by atoms with van der Waals surface area (Å²) in [7, 11) is 0. The summed E-state index contributed by atoms with van der Waals surface area (Å²) in [6, 6.07) is 9.18. The lowest BCUT2D eigenvalue weighted by Crippen LogP contribution is -2.36. The van der Waals surface area contributed by atoms with Gasteiger partial charge in [0.15, 0.2) is 5.82 Å². The van der Waals surface area contributed by atoms with E-state index in [2.05, 4.69) is 10.6 Å². The number of nitriles is 1. The maximum atomic E-state index is 15.5. The molecular weight excluding hydrogens is 685 g/mol. The van der Waals surface area contributed by atoms with Gasteiger partial charge in [-0.15, -0.1) is 23.2 Å². The van der Waals surface area contributed by atoms with Gasteiger partial charge in [-0.3, -0.25) is 14.4 Å². The van der Waals surface area contributed by atoms with E-state index in [-0.39, 0.29) is 28.4 Å². The molecule has 1 saturated carbocycles. The molecule has 0 bridgehead atoms. The van der Waals surface area contributed by atoms with E-state index in [1.165, 1.54) is 26.0 Å². The van der Waals surface area contributed by atoms with Crippen LogP contribution in [-0.2, 0) is 15.8 Å². The first-order valence-electron chi connectivity index (χ1n) is 13.3. The normalized spacial score (nSPS) is 17.4. The fourth-order valence-corrected chi connectivity index (χ4v) is 5.84. The topological polar surface area (TPSA) is 102 Å². The standard InChI is InChI=1S/C30H21Cl3F6N4O3/c1-3-43(28(46)13(2)12-40)25-20(35)8-9-21(24(25)36)42-26(44)16-11-15(5-6-18(16)31)41-27(45)23-22(29(23,32)33)14-4-7-19(34)17(10-14)30(37,38)39/h4-11,13,22-23H,3H2,1-2H3,(H,41,45)(H,42,44)/t13?,22-,23+/m0/s1. The lowest BCUT2D eigenvalue weighted by atomic mass is 10.0. The lowest BCUT2D eigenvalue weighted by molar-refractivity contribution is -0.140. The van der Waals surface area contributed by atoms with Gasteiger partial charge in [-0.25, -0.2) is 13.2 Å². The number of halogens is 9. The first kappa shape index (κ1) is 34.9. The molecule has 46 heavy (non-hydrogen) atoms. The largest absolute Gasteiger partial charge is 0.419 e. The Morgan fingerprint density at radius 3 is 2.28 bits per heavy atom. The number of amides is 3. The van der Waals surface area contributed by atoms with Crippen LogP contribution in [-0.4, -0.2) is 28.6 Å². The molecule has 0 spiro atoms. The highest BCUT2D eigenvalue weighted by atomic mass is 35.5. The summed E-state index contributed by atoms with van der Waals surface area (Å²) in [6.45, 7) is 2.51. The van der Waals surface area contributed by atoms with E-state index in [0.29, 0.717) is 12.1 Å². The molecule has 242 valence electrons. The van der Waals surface area contributed by atoms with Crippen molar-refractivity contribution in [1.82, 2.24) is 0 Å². The van der Waals surface area contributed by atoms with Crippen molar-refractivity contribution in [3.8, 4) is 6.07 Å². The molecule has 3 atom stereocenters. The third-order valence-corrected chi connectivity index (χ3v) is 8.47. The molecule has 2 N–H and O–H groups in total. The van der Waals surface area contributed by atoms with Gasteiger partial charge >= 0.3 is 6.18 Å². The number of alkyl halides is 5. The van der Waals surface area contributed by atoms with E-state index >= 15 is 4.39 Å². The van der Waals surface area contributed by atoms with Crippen molar-refractivity contribution in [2.24, 2.45) is 11.8 Å². The highest BCUT2D eigenvalue weighted by molar-refractivity contribution is 6.53. The number of anilines is 3. The number of benzene rings is 3. The molecular formula is C30H21Cl3F6N4O3. The molecule has 3 amide bonds. The second kappa shape index (κ2) is 13.0. The number of hydrogen-bond donors (Lipinski definition) is 2. The van der Waals surface area contributed by atoms with Crippen LogP contribution in [0.5, 0.6) is 0 Å². The zero-order chi connectivity index (χ0) is 34.3. The van der Waals surface area contributed by atoms with Crippen molar-refractivity contribution in [3.05, 3.63) is 87.7 Å². The molecule has 0 saturated heterocycles. The summed E-state index contributed by atoms with van der Waals surface area (Å²) < 4.78 is 81.7. The Labute approximate surface area is 273 Å². The van der Waals surface area contributed by atoms with Crippen molar-refractivity contribution in [2.75, 3.05) is 22.1 Å². The molecule has 1 unspecified atom stereocenters. The van der Waals surface area contributed by atoms with Gasteiger partial charge in [0.2, 0.25) is 11.8 Å². The Morgan fingerprint density at radius 1 is 1.02 bits per heavy atom. The number of nitrogens with zero attached hydrogens (tertiary/aromatic N) is 2.